The summed E-state index contributed by atoms with van der Waals surface area (Å²) >= 11 is 3.59. The molecule has 1 heterocycles. The van der Waals surface area contributed by atoms with Crippen LogP contribution in [0.1, 0.15) is 33.6 Å². The molecule has 4 heteroatoms. The SMILES string of the molecule is CC(C)(C)NCCCCSc1nccs1. The van der Waals surface area contributed by atoms with E-state index < -0.39 is 0 Å². The van der Waals surface area contributed by atoms with E-state index in [1.165, 1.54) is 22.9 Å². The monoisotopic (exact) mass is 244 g/mol. The smallest absolute Gasteiger partial charge is 0.149 e. The maximum absolute atomic E-state index is 4.24. The first kappa shape index (κ1) is 13.0. The average molecular weight is 244 g/mol. The molecule has 0 atom stereocenters. The first-order valence-corrected chi connectivity index (χ1v) is 7.22. The van der Waals surface area contributed by atoms with E-state index in [-0.39, 0.29) is 5.54 Å². The van der Waals surface area contributed by atoms with Crippen LogP contribution in [0.25, 0.3) is 0 Å². The van der Waals surface area contributed by atoms with Crippen molar-refractivity contribution in [1.29, 1.82) is 0 Å². The highest BCUT2D eigenvalue weighted by Crippen LogP contribution is 2.20. The fourth-order valence-corrected chi connectivity index (χ4v) is 2.84. The number of nitrogens with zero attached hydrogens (tertiary/aromatic N) is 1. The van der Waals surface area contributed by atoms with Crippen molar-refractivity contribution in [2.45, 2.75) is 43.5 Å². The highest BCUT2D eigenvalue weighted by molar-refractivity contribution is 8.00. The van der Waals surface area contributed by atoms with E-state index in [0.29, 0.717) is 0 Å². The third-order valence-electron chi connectivity index (χ3n) is 1.86. The Hall–Kier alpha value is -0.0600. The van der Waals surface area contributed by atoms with Gasteiger partial charge in [0.05, 0.1) is 0 Å². The zero-order valence-electron chi connectivity index (χ0n) is 9.75. The molecule has 0 unspecified atom stereocenters. The van der Waals surface area contributed by atoms with Crippen LogP contribution in [-0.4, -0.2) is 22.8 Å². The summed E-state index contributed by atoms with van der Waals surface area (Å²) in [5.41, 5.74) is 0.252. The minimum absolute atomic E-state index is 0.252. The van der Waals surface area contributed by atoms with Crippen LogP contribution < -0.4 is 5.32 Å². The largest absolute Gasteiger partial charge is 0.312 e. The van der Waals surface area contributed by atoms with Gasteiger partial charge >= 0.3 is 0 Å². The van der Waals surface area contributed by atoms with Crippen molar-refractivity contribution in [1.82, 2.24) is 10.3 Å². The molecule has 0 amide bonds. The van der Waals surface area contributed by atoms with Crippen LogP contribution >= 0.6 is 23.1 Å². The van der Waals surface area contributed by atoms with Crippen LogP contribution in [-0.2, 0) is 0 Å². The van der Waals surface area contributed by atoms with Crippen molar-refractivity contribution >= 4 is 23.1 Å². The normalized spacial score (nSPS) is 11.9. The van der Waals surface area contributed by atoms with Crippen molar-refractivity contribution in [2.24, 2.45) is 0 Å². The van der Waals surface area contributed by atoms with E-state index in [2.05, 4.69) is 31.1 Å². The molecule has 0 spiro atoms. The van der Waals surface area contributed by atoms with Crippen LogP contribution in [0.3, 0.4) is 0 Å². The molecular weight excluding hydrogens is 224 g/mol. The van der Waals surface area contributed by atoms with E-state index in [0.717, 1.165) is 6.54 Å². The first-order chi connectivity index (χ1) is 7.08. The topological polar surface area (TPSA) is 24.9 Å². The molecule has 0 aliphatic heterocycles. The van der Waals surface area contributed by atoms with Gasteiger partial charge in [0, 0.05) is 22.9 Å². The Kier molecular flexibility index (Phi) is 5.64. The lowest BCUT2D eigenvalue weighted by molar-refractivity contribution is 0.421. The quantitative estimate of drug-likeness (QED) is 0.613. The summed E-state index contributed by atoms with van der Waals surface area (Å²) in [6.45, 7) is 7.73. The Morgan fingerprint density at radius 2 is 2.20 bits per heavy atom. The number of nitrogens with one attached hydrogen (secondary N) is 1. The second-order valence-electron chi connectivity index (χ2n) is 4.53. The van der Waals surface area contributed by atoms with Crippen molar-refractivity contribution < 1.29 is 0 Å². The number of hydrogen-bond acceptors (Lipinski definition) is 4. The molecule has 0 saturated heterocycles. The van der Waals surface area contributed by atoms with Gasteiger partial charge in [-0.05, 0) is 40.2 Å². The van der Waals surface area contributed by atoms with Crippen molar-refractivity contribution in [3.05, 3.63) is 11.6 Å². The van der Waals surface area contributed by atoms with Gasteiger partial charge in [-0.1, -0.05) is 11.8 Å². The van der Waals surface area contributed by atoms with Gasteiger partial charge in [-0.25, -0.2) is 4.98 Å². The number of unbranched alkanes of at least 4 members (excludes halogenated alkanes) is 1. The molecule has 0 bridgehead atoms. The van der Waals surface area contributed by atoms with Crippen molar-refractivity contribution in [3.8, 4) is 0 Å². The van der Waals surface area contributed by atoms with Crippen LogP contribution in [0.5, 0.6) is 0 Å². The summed E-state index contributed by atoms with van der Waals surface area (Å²) in [4.78, 5) is 4.24. The van der Waals surface area contributed by atoms with Crippen molar-refractivity contribution in [2.75, 3.05) is 12.3 Å². The Bertz CT molecular complexity index is 252. The molecule has 1 aromatic rings. The molecule has 0 fully saturated rings. The fourth-order valence-electron chi connectivity index (χ4n) is 1.13. The van der Waals surface area contributed by atoms with Crippen LogP contribution in [0.2, 0.25) is 0 Å². The van der Waals surface area contributed by atoms with E-state index in [1.54, 1.807) is 11.3 Å². The molecule has 86 valence electrons. The van der Waals surface area contributed by atoms with Gasteiger partial charge in [0.25, 0.3) is 0 Å². The maximum Gasteiger partial charge on any atom is 0.149 e. The number of thioether (sulfide) groups is 1. The lowest BCUT2D eigenvalue weighted by atomic mass is 10.1. The maximum atomic E-state index is 4.24. The number of rotatable bonds is 6. The van der Waals surface area contributed by atoms with E-state index in [9.17, 15) is 0 Å². The lowest BCUT2D eigenvalue weighted by Gasteiger charge is -2.20. The molecule has 1 rings (SSSR count). The van der Waals surface area contributed by atoms with Gasteiger partial charge in [-0.2, -0.15) is 0 Å². The summed E-state index contributed by atoms with van der Waals surface area (Å²) in [6.07, 6.45) is 4.37. The molecule has 0 aliphatic carbocycles. The third-order valence-corrected chi connectivity index (χ3v) is 3.91. The van der Waals surface area contributed by atoms with Gasteiger partial charge in [-0.15, -0.1) is 11.3 Å². The van der Waals surface area contributed by atoms with E-state index in [1.807, 2.05) is 23.3 Å². The zero-order valence-corrected chi connectivity index (χ0v) is 11.4. The molecule has 1 aromatic heterocycles. The number of aromatic nitrogens is 1. The average Bonchev–Trinajstić information content (AvgIpc) is 2.61. The van der Waals surface area contributed by atoms with Crippen molar-refractivity contribution in [3.63, 3.8) is 0 Å². The Morgan fingerprint density at radius 1 is 1.40 bits per heavy atom. The molecule has 0 aliphatic rings. The van der Waals surface area contributed by atoms with Gasteiger partial charge in [0.15, 0.2) is 0 Å². The minimum atomic E-state index is 0.252. The van der Waals surface area contributed by atoms with Crippen LogP contribution in [0.4, 0.5) is 0 Å². The van der Waals surface area contributed by atoms with Gasteiger partial charge in [0.2, 0.25) is 0 Å². The van der Waals surface area contributed by atoms with E-state index in [4.69, 9.17) is 0 Å². The number of hydrogen-bond donors (Lipinski definition) is 1. The second-order valence-corrected chi connectivity index (χ2v) is 6.77. The second kappa shape index (κ2) is 6.51. The summed E-state index contributed by atoms with van der Waals surface area (Å²) < 4.78 is 1.19. The molecule has 2 nitrogen and oxygen atoms in total. The van der Waals surface area contributed by atoms with Gasteiger partial charge in [-0.3, -0.25) is 0 Å². The highest BCUT2D eigenvalue weighted by Gasteiger charge is 2.06. The Morgan fingerprint density at radius 3 is 2.80 bits per heavy atom. The molecular formula is C11H20N2S2. The van der Waals surface area contributed by atoms with Gasteiger partial charge in [0.1, 0.15) is 4.34 Å². The minimum Gasteiger partial charge on any atom is -0.312 e. The van der Waals surface area contributed by atoms with Gasteiger partial charge < -0.3 is 5.32 Å². The summed E-state index contributed by atoms with van der Waals surface area (Å²) in [5, 5.41) is 5.52. The summed E-state index contributed by atoms with van der Waals surface area (Å²) in [6, 6.07) is 0. The predicted molar refractivity (Wildman–Crippen MR) is 69.8 cm³/mol. The lowest BCUT2D eigenvalue weighted by Crippen LogP contribution is -2.36. The molecule has 0 saturated carbocycles. The third kappa shape index (κ3) is 6.93. The van der Waals surface area contributed by atoms with Crippen LogP contribution in [0.15, 0.2) is 15.9 Å². The first-order valence-electron chi connectivity index (χ1n) is 5.35. The summed E-state index contributed by atoms with van der Waals surface area (Å²) in [5.74, 6) is 1.18. The molecule has 0 radical (unpaired) electrons. The Balaban J connectivity index is 1.94. The highest BCUT2D eigenvalue weighted by atomic mass is 32.2. The molecule has 15 heavy (non-hydrogen) atoms. The standard InChI is InChI=1S/C11H20N2S2/c1-11(2,3)13-6-4-5-8-14-10-12-7-9-15-10/h7,9,13H,4-6,8H2,1-3H3. The Labute approximate surface area is 101 Å². The fraction of sp³-hybridized carbons (Fsp3) is 0.727. The number of thiazole rings is 1. The van der Waals surface area contributed by atoms with Crippen LogP contribution in [0, 0.1) is 0 Å². The van der Waals surface area contributed by atoms with E-state index >= 15 is 0 Å². The molecule has 0 aromatic carbocycles. The summed E-state index contributed by atoms with van der Waals surface area (Å²) in [7, 11) is 0. The zero-order chi connectivity index (χ0) is 11.1. The molecule has 1 N–H and O–H groups in total. The predicted octanol–water partition coefficient (Wildman–Crippen LogP) is 3.40.